The lowest BCUT2D eigenvalue weighted by Gasteiger charge is -2.38. The van der Waals surface area contributed by atoms with Gasteiger partial charge in [0.25, 0.3) is 0 Å². The molecule has 0 bridgehead atoms. The number of hydrogen-bond acceptors (Lipinski definition) is 6. The van der Waals surface area contributed by atoms with E-state index in [0.717, 1.165) is 17.5 Å². The third-order valence-corrected chi connectivity index (χ3v) is 5.89. The van der Waals surface area contributed by atoms with Crippen LogP contribution in [0.5, 0.6) is 0 Å². The van der Waals surface area contributed by atoms with E-state index in [2.05, 4.69) is 29.2 Å². The summed E-state index contributed by atoms with van der Waals surface area (Å²) in [7, 11) is 1.24. The summed E-state index contributed by atoms with van der Waals surface area (Å²) in [5, 5.41) is 5.23. The number of amides is 3. The standard InChI is InChI=1S/C28H45N3O6/c1-17(2)11-14-20(5)31(26(34)21(6)30-27(35)37-28(7,8)9)24(25(33)29-16-23(32)36-10)22-15-18(3)12-13-19(22)4/h12-13,15,17,20-21,24H,11,14,16H2,1-10H3,(H,29,33)(H,30,35). The Balaban J connectivity index is 3.53. The molecule has 208 valence electrons. The van der Waals surface area contributed by atoms with Gasteiger partial charge in [-0.15, -0.1) is 0 Å². The molecule has 9 heteroatoms. The maximum absolute atomic E-state index is 13.9. The van der Waals surface area contributed by atoms with Gasteiger partial charge < -0.3 is 25.0 Å². The van der Waals surface area contributed by atoms with Crippen LogP contribution in [0.4, 0.5) is 4.79 Å². The van der Waals surface area contributed by atoms with Crippen molar-refractivity contribution >= 4 is 23.9 Å². The van der Waals surface area contributed by atoms with Crippen molar-refractivity contribution in [3.8, 4) is 0 Å². The lowest BCUT2D eigenvalue weighted by Crippen LogP contribution is -2.55. The van der Waals surface area contributed by atoms with Crippen molar-refractivity contribution in [2.24, 2.45) is 5.92 Å². The van der Waals surface area contributed by atoms with E-state index in [4.69, 9.17) is 4.74 Å². The Bertz CT molecular complexity index is 954. The largest absolute Gasteiger partial charge is 0.468 e. The zero-order valence-electron chi connectivity index (χ0n) is 24.1. The molecule has 1 aromatic carbocycles. The van der Waals surface area contributed by atoms with Crippen LogP contribution in [0.25, 0.3) is 0 Å². The van der Waals surface area contributed by atoms with Gasteiger partial charge in [-0.2, -0.15) is 0 Å². The van der Waals surface area contributed by atoms with Gasteiger partial charge in [0, 0.05) is 6.04 Å². The number of esters is 1. The zero-order chi connectivity index (χ0) is 28.5. The summed E-state index contributed by atoms with van der Waals surface area (Å²) in [5.41, 5.74) is 1.67. The molecule has 0 aromatic heterocycles. The fraction of sp³-hybridized carbons (Fsp3) is 0.643. The van der Waals surface area contributed by atoms with Gasteiger partial charge in [0.05, 0.1) is 7.11 Å². The molecule has 0 heterocycles. The molecule has 0 fully saturated rings. The molecule has 0 spiro atoms. The van der Waals surface area contributed by atoms with Gasteiger partial charge in [-0.3, -0.25) is 14.4 Å². The summed E-state index contributed by atoms with van der Waals surface area (Å²) in [6.45, 7) is 16.3. The first-order valence-corrected chi connectivity index (χ1v) is 12.8. The van der Waals surface area contributed by atoms with Crippen LogP contribution in [0.3, 0.4) is 0 Å². The minimum Gasteiger partial charge on any atom is -0.468 e. The number of rotatable bonds is 11. The van der Waals surface area contributed by atoms with E-state index in [9.17, 15) is 19.2 Å². The number of methoxy groups -OCH3 is 1. The number of nitrogens with zero attached hydrogens (tertiary/aromatic N) is 1. The highest BCUT2D eigenvalue weighted by Gasteiger charge is 2.38. The first-order chi connectivity index (χ1) is 17.1. The first-order valence-electron chi connectivity index (χ1n) is 12.8. The molecule has 0 saturated carbocycles. The predicted octanol–water partition coefficient (Wildman–Crippen LogP) is 4.20. The second-order valence-corrected chi connectivity index (χ2v) is 11.0. The second-order valence-electron chi connectivity index (χ2n) is 11.0. The third kappa shape index (κ3) is 10.4. The smallest absolute Gasteiger partial charge is 0.408 e. The Kier molecular flexibility index (Phi) is 12.1. The van der Waals surface area contributed by atoms with Crippen LogP contribution < -0.4 is 10.6 Å². The molecule has 0 radical (unpaired) electrons. The molecule has 0 aliphatic heterocycles. The molecule has 3 unspecified atom stereocenters. The fourth-order valence-corrected chi connectivity index (χ4v) is 3.88. The van der Waals surface area contributed by atoms with Gasteiger partial charge in [-0.05, 0) is 78.4 Å². The monoisotopic (exact) mass is 519 g/mol. The average molecular weight is 520 g/mol. The van der Waals surface area contributed by atoms with Crippen molar-refractivity contribution in [2.75, 3.05) is 13.7 Å². The Labute approximate surface area is 221 Å². The SMILES string of the molecule is COC(=O)CNC(=O)C(c1cc(C)ccc1C)N(C(=O)C(C)NC(=O)OC(C)(C)C)C(C)CCC(C)C. The third-order valence-electron chi connectivity index (χ3n) is 5.89. The van der Waals surface area contributed by atoms with Crippen molar-refractivity contribution < 1.29 is 28.7 Å². The molecule has 2 N–H and O–H groups in total. The topological polar surface area (TPSA) is 114 Å². The van der Waals surface area contributed by atoms with E-state index in [1.54, 1.807) is 27.7 Å². The molecular weight excluding hydrogens is 474 g/mol. The van der Waals surface area contributed by atoms with Crippen molar-refractivity contribution in [1.29, 1.82) is 0 Å². The summed E-state index contributed by atoms with van der Waals surface area (Å²) in [6.07, 6.45) is 0.762. The average Bonchev–Trinajstić information content (AvgIpc) is 2.79. The maximum Gasteiger partial charge on any atom is 0.408 e. The van der Waals surface area contributed by atoms with Gasteiger partial charge >= 0.3 is 12.1 Å². The number of alkyl carbamates (subject to hydrolysis) is 1. The van der Waals surface area contributed by atoms with Gasteiger partial charge in [0.15, 0.2) is 0 Å². The van der Waals surface area contributed by atoms with E-state index in [-0.39, 0.29) is 12.6 Å². The predicted molar refractivity (Wildman–Crippen MR) is 143 cm³/mol. The molecule has 1 rings (SSSR count). The van der Waals surface area contributed by atoms with Crippen molar-refractivity contribution in [2.45, 2.75) is 98.9 Å². The molecule has 0 aliphatic rings. The molecule has 9 nitrogen and oxygen atoms in total. The Morgan fingerprint density at radius 1 is 1.00 bits per heavy atom. The minimum atomic E-state index is -1.03. The number of hydrogen-bond donors (Lipinski definition) is 2. The highest BCUT2D eigenvalue weighted by Crippen LogP contribution is 2.30. The van der Waals surface area contributed by atoms with Crippen LogP contribution in [0.15, 0.2) is 18.2 Å². The van der Waals surface area contributed by atoms with Gasteiger partial charge in [-0.25, -0.2) is 4.79 Å². The van der Waals surface area contributed by atoms with Crippen LogP contribution >= 0.6 is 0 Å². The highest BCUT2D eigenvalue weighted by atomic mass is 16.6. The number of aryl methyl sites for hydroxylation is 2. The Hall–Kier alpha value is -3.10. The van der Waals surface area contributed by atoms with Crippen LogP contribution in [0, 0.1) is 19.8 Å². The minimum absolute atomic E-state index is 0.329. The van der Waals surface area contributed by atoms with Crippen molar-refractivity contribution in [3.63, 3.8) is 0 Å². The summed E-state index contributed by atoms with van der Waals surface area (Å²) < 4.78 is 10.0. The van der Waals surface area contributed by atoms with E-state index < -0.39 is 41.6 Å². The van der Waals surface area contributed by atoms with Crippen LogP contribution in [0.2, 0.25) is 0 Å². The van der Waals surface area contributed by atoms with E-state index in [1.165, 1.54) is 12.0 Å². The fourth-order valence-electron chi connectivity index (χ4n) is 3.88. The van der Waals surface area contributed by atoms with Crippen molar-refractivity contribution in [1.82, 2.24) is 15.5 Å². The number of ether oxygens (including phenoxy) is 2. The lowest BCUT2D eigenvalue weighted by atomic mass is 9.93. The summed E-state index contributed by atoms with van der Waals surface area (Å²) in [4.78, 5) is 53.3. The van der Waals surface area contributed by atoms with Gasteiger partial charge in [0.2, 0.25) is 11.8 Å². The summed E-state index contributed by atoms with van der Waals surface area (Å²) in [6, 6.07) is 3.38. The Morgan fingerprint density at radius 2 is 1.62 bits per heavy atom. The highest BCUT2D eigenvalue weighted by molar-refractivity contribution is 5.93. The normalized spacial score (nSPS) is 13.8. The van der Waals surface area contributed by atoms with Crippen LogP contribution in [-0.4, -0.2) is 60.1 Å². The lowest BCUT2D eigenvalue weighted by molar-refractivity contribution is -0.146. The zero-order valence-corrected chi connectivity index (χ0v) is 24.1. The molecule has 0 saturated heterocycles. The molecular formula is C28H45N3O6. The Morgan fingerprint density at radius 3 is 2.16 bits per heavy atom. The van der Waals surface area contributed by atoms with Gasteiger partial charge in [-0.1, -0.05) is 37.6 Å². The number of carbonyl (C=O) groups excluding carboxylic acids is 4. The number of nitrogens with one attached hydrogen (secondary N) is 2. The number of benzene rings is 1. The first kappa shape index (κ1) is 31.9. The quantitative estimate of drug-likeness (QED) is 0.424. The maximum atomic E-state index is 13.9. The molecule has 1 aromatic rings. The van der Waals surface area contributed by atoms with E-state index in [1.807, 2.05) is 39.0 Å². The van der Waals surface area contributed by atoms with Crippen LogP contribution in [0.1, 0.15) is 84.0 Å². The van der Waals surface area contributed by atoms with Gasteiger partial charge in [0.1, 0.15) is 24.2 Å². The molecule has 3 amide bonds. The van der Waals surface area contributed by atoms with Crippen LogP contribution in [-0.2, 0) is 23.9 Å². The van der Waals surface area contributed by atoms with Crippen molar-refractivity contribution in [3.05, 3.63) is 34.9 Å². The number of carbonyl (C=O) groups is 4. The molecule has 0 aliphatic carbocycles. The second kappa shape index (κ2) is 14.0. The summed E-state index contributed by atoms with van der Waals surface area (Å²) in [5.74, 6) is -1.14. The van der Waals surface area contributed by atoms with E-state index in [0.29, 0.717) is 17.9 Å². The molecule has 37 heavy (non-hydrogen) atoms. The van der Waals surface area contributed by atoms with E-state index >= 15 is 0 Å². The summed E-state index contributed by atoms with van der Waals surface area (Å²) >= 11 is 0. The molecule has 3 atom stereocenters.